The molecular weight excluding hydrogens is 259 g/mol. The highest BCUT2D eigenvalue weighted by molar-refractivity contribution is 7.99. The summed E-state index contributed by atoms with van der Waals surface area (Å²) in [5.41, 5.74) is 1.91. The van der Waals surface area contributed by atoms with E-state index in [1.165, 1.54) is 16.7 Å². The van der Waals surface area contributed by atoms with E-state index in [9.17, 15) is 4.39 Å². The van der Waals surface area contributed by atoms with E-state index in [0.717, 1.165) is 5.75 Å². The summed E-state index contributed by atoms with van der Waals surface area (Å²) in [5.74, 6) is 0.520. The van der Waals surface area contributed by atoms with Gasteiger partial charge in [-0.1, -0.05) is 17.7 Å². The lowest BCUT2D eigenvalue weighted by Gasteiger charge is -2.16. The van der Waals surface area contributed by atoms with Gasteiger partial charge in [-0.2, -0.15) is 0 Å². The third kappa shape index (κ3) is 3.78. The number of nitrogens with one attached hydrogen (secondary N) is 1. The van der Waals surface area contributed by atoms with Crippen LogP contribution in [0.25, 0.3) is 0 Å². The summed E-state index contributed by atoms with van der Waals surface area (Å²) in [5, 5.41) is 3.15. The third-order valence-corrected chi connectivity index (χ3v) is 4.07. The Balaban J connectivity index is 2.04. The zero-order valence-electron chi connectivity index (χ0n) is 11.1. The van der Waals surface area contributed by atoms with Gasteiger partial charge in [0.05, 0.1) is 6.20 Å². The van der Waals surface area contributed by atoms with Crippen molar-refractivity contribution in [2.45, 2.75) is 17.9 Å². The van der Waals surface area contributed by atoms with Crippen molar-refractivity contribution in [2.75, 3.05) is 12.8 Å². The monoisotopic (exact) mass is 276 g/mol. The lowest BCUT2D eigenvalue weighted by atomic mass is 10.1. The van der Waals surface area contributed by atoms with Crippen LogP contribution in [-0.2, 0) is 0 Å². The molecule has 1 aromatic carbocycles. The molecule has 1 heterocycles. The Hall–Kier alpha value is -1.39. The fourth-order valence-electron chi connectivity index (χ4n) is 1.81. The molecule has 2 nitrogen and oxygen atoms in total. The van der Waals surface area contributed by atoms with Gasteiger partial charge >= 0.3 is 0 Å². The van der Waals surface area contributed by atoms with Crippen LogP contribution in [-0.4, -0.2) is 17.8 Å². The van der Waals surface area contributed by atoms with Gasteiger partial charge in [-0.05, 0) is 32.2 Å². The molecule has 1 aromatic heterocycles. The molecule has 0 aliphatic carbocycles. The lowest BCUT2D eigenvalue weighted by Crippen LogP contribution is -2.20. The molecule has 4 heteroatoms. The number of aryl methyl sites for hydroxylation is 1. The largest absolute Gasteiger partial charge is 0.312 e. The minimum atomic E-state index is -0.258. The maximum absolute atomic E-state index is 13.7. The zero-order valence-corrected chi connectivity index (χ0v) is 11.9. The van der Waals surface area contributed by atoms with Gasteiger partial charge in [-0.15, -0.1) is 11.8 Å². The van der Waals surface area contributed by atoms with Gasteiger partial charge in [-0.25, -0.2) is 4.39 Å². The van der Waals surface area contributed by atoms with Gasteiger partial charge in [0.25, 0.3) is 0 Å². The number of halogens is 1. The molecule has 0 saturated carbocycles. The van der Waals surface area contributed by atoms with E-state index in [4.69, 9.17) is 0 Å². The SMILES string of the molecule is CNC(CSc1ccc(C)cc1)c1ccncc1F. The second-order valence-corrected chi connectivity index (χ2v) is 5.46. The summed E-state index contributed by atoms with van der Waals surface area (Å²) in [6.07, 6.45) is 2.88. The molecule has 0 fully saturated rings. The molecule has 0 radical (unpaired) electrons. The molecule has 1 unspecified atom stereocenters. The average Bonchev–Trinajstić information content (AvgIpc) is 2.43. The molecule has 0 saturated heterocycles. The van der Waals surface area contributed by atoms with Crippen molar-refractivity contribution in [3.05, 3.63) is 59.7 Å². The molecule has 0 spiro atoms. The fourth-order valence-corrected chi connectivity index (χ4v) is 2.85. The van der Waals surface area contributed by atoms with Gasteiger partial charge in [0.2, 0.25) is 0 Å². The highest BCUT2D eigenvalue weighted by Gasteiger charge is 2.14. The number of hydrogen-bond donors (Lipinski definition) is 1. The van der Waals surface area contributed by atoms with Crippen molar-refractivity contribution in [3.8, 4) is 0 Å². The first-order valence-corrected chi connectivity index (χ1v) is 7.15. The molecule has 100 valence electrons. The standard InChI is InChI=1S/C15H17FN2S/c1-11-3-5-12(6-4-11)19-10-15(17-2)13-7-8-18-9-14(13)16/h3-9,15,17H,10H2,1-2H3. The van der Waals surface area contributed by atoms with E-state index in [-0.39, 0.29) is 11.9 Å². The van der Waals surface area contributed by atoms with E-state index in [2.05, 4.69) is 41.5 Å². The number of nitrogens with zero attached hydrogens (tertiary/aromatic N) is 1. The summed E-state index contributed by atoms with van der Waals surface area (Å²) in [7, 11) is 1.85. The fraction of sp³-hybridized carbons (Fsp3) is 0.267. The Bertz CT molecular complexity index is 528. The first-order chi connectivity index (χ1) is 9.20. The van der Waals surface area contributed by atoms with Crippen molar-refractivity contribution in [2.24, 2.45) is 0 Å². The first kappa shape index (κ1) is 14.0. The van der Waals surface area contributed by atoms with Crippen LogP contribution in [0, 0.1) is 12.7 Å². The third-order valence-electron chi connectivity index (χ3n) is 2.97. The van der Waals surface area contributed by atoms with Gasteiger partial charge in [0.15, 0.2) is 0 Å². The number of rotatable bonds is 5. The van der Waals surface area contributed by atoms with Crippen LogP contribution in [0.4, 0.5) is 4.39 Å². The summed E-state index contributed by atoms with van der Waals surface area (Å²) in [4.78, 5) is 4.97. The van der Waals surface area contributed by atoms with E-state index >= 15 is 0 Å². The Morgan fingerprint density at radius 1 is 1.26 bits per heavy atom. The number of thioether (sulfide) groups is 1. The van der Waals surface area contributed by atoms with Crippen molar-refractivity contribution < 1.29 is 4.39 Å². The van der Waals surface area contributed by atoms with Gasteiger partial charge in [0.1, 0.15) is 5.82 Å². The molecule has 0 aliphatic rings. The average molecular weight is 276 g/mol. The van der Waals surface area contributed by atoms with Crippen LogP contribution >= 0.6 is 11.8 Å². The van der Waals surface area contributed by atoms with Crippen LogP contribution in [0.1, 0.15) is 17.2 Å². The zero-order chi connectivity index (χ0) is 13.7. The molecule has 19 heavy (non-hydrogen) atoms. The normalized spacial score (nSPS) is 12.4. The quantitative estimate of drug-likeness (QED) is 0.845. The summed E-state index contributed by atoms with van der Waals surface area (Å²) < 4.78 is 13.7. The van der Waals surface area contributed by atoms with Crippen LogP contribution < -0.4 is 5.32 Å². The van der Waals surface area contributed by atoms with Gasteiger partial charge < -0.3 is 5.32 Å². The molecule has 2 rings (SSSR count). The minimum absolute atomic E-state index is 0.0192. The smallest absolute Gasteiger partial charge is 0.146 e. The molecule has 0 bridgehead atoms. The van der Waals surface area contributed by atoms with Crippen molar-refractivity contribution in [1.29, 1.82) is 0 Å². The maximum atomic E-state index is 13.7. The van der Waals surface area contributed by atoms with Gasteiger partial charge in [0, 0.05) is 28.5 Å². The van der Waals surface area contributed by atoms with E-state index in [1.807, 2.05) is 7.05 Å². The second-order valence-electron chi connectivity index (χ2n) is 4.36. The van der Waals surface area contributed by atoms with E-state index in [1.54, 1.807) is 24.0 Å². The van der Waals surface area contributed by atoms with Crippen molar-refractivity contribution in [1.82, 2.24) is 10.3 Å². The molecule has 0 aliphatic heterocycles. The van der Waals surface area contributed by atoms with Crippen LogP contribution in [0.5, 0.6) is 0 Å². The summed E-state index contributed by atoms with van der Waals surface area (Å²) in [6, 6.07) is 10.1. The first-order valence-electron chi connectivity index (χ1n) is 6.17. The predicted octanol–water partition coefficient (Wildman–Crippen LogP) is 3.58. The van der Waals surface area contributed by atoms with E-state index in [0.29, 0.717) is 5.56 Å². The number of hydrogen-bond acceptors (Lipinski definition) is 3. The molecule has 1 atom stereocenters. The van der Waals surface area contributed by atoms with Crippen LogP contribution in [0.3, 0.4) is 0 Å². The summed E-state index contributed by atoms with van der Waals surface area (Å²) in [6.45, 7) is 2.07. The highest BCUT2D eigenvalue weighted by atomic mass is 32.2. The van der Waals surface area contributed by atoms with Gasteiger partial charge in [-0.3, -0.25) is 4.98 Å². The van der Waals surface area contributed by atoms with Crippen molar-refractivity contribution in [3.63, 3.8) is 0 Å². The molecule has 2 aromatic rings. The van der Waals surface area contributed by atoms with Crippen molar-refractivity contribution >= 4 is 11.8 Å². The Morgan fingerprint density at radius 2 is 2.00 bits per heavy atom. The molecular formula is C15H17FN2S. The Morgan fingerprint density at radius 3 is 2.63 bits per heavy atom. The van der Waals surface area contributed by atoms with Crippen LogP contribution in [0.2, 0.25) is 0 Å². The Kier molecular flexibility index (Phi) is 4.93. The number of benzene rings is 1. The number of aromatic nitrogens is 1. The molecule has 0 amide bonds. The summed E-state index contributed by atoms with van der Waals surface area (Å²) >= 11 is 1.72. The topological polar surface area (TPSA) is 24.9 Å². The number of pyridine rings is 1. The second kappa shape index (κ2) is 6.68. The lowest BCUT2D eigenvalue weighted by molar-refractivity contribution is 0.560. The molecule has 1 N–H and O–H groups in total. The van der Waals surface area contributed by atoms with Crippen LogP contribution in [0.15, 0.2) is 47.6 Å². The minimum Gasteiger partial charge on any atom is -0.312 e. The maximum Gasteiger partial charge on any atom is 0.146 e. The highest BCUT2D eigenvalue weighted by Crippen LogP contribution is 2.25. The Labute approximate surface area is 117 Å². The predicted molar refractivity (Wildman–Crippen MR) is 77.9 cm³/mol. The van der Waals surface area contributed by atoms with E-state index < -0.39 is 0 Å².